The van der Waals surface area contributed by atoms with Crippen molar-refractivity contribution in [3.63, 3.8) is 0 Å². The Morgan fingerprint density at radius 1 is 0.969 bits per heavy atom. The van der Waals surface area contributed by atoms with Gasteiger partial charge in [-0.1, -0.05) is 48.5 Å². The quantitative estimate of drug-likeness (QED) is 0.148. The second-order valence-corrected chi connectivity index (χ2v) is 7.63. The first-order valence-electron chi connectivity index (χ1n) is 10.6. The van der Waals surface area contributed by atoms with Crippen LogP contribution < -0.4 is 21.7 Å². The zero-order valence-corrected chi connectivity index (χ0v) is 17.9. The number of anilines is 2. The van der Waals surface area contributed by atoms with Crippen molar-refractivity contribution in [2.75, 3.05) is 23.7 Å². The highest BCUT2D eigenvalue weighted by Gasteiger charge is 2.08. The Kier molecular flexibility index (Phi) is 8.62. The van der Waals surface area contributed by atoms with Crippen molar-refractivity contribution < 1.29 is 15.0 Å². The van der Waals surface area contributed by atoms with Gasteiger partial charge in [0.2, 0.25) is 6.41 Å². The Morgan fingerprint density at radius 3 is 2.41 bits per heavy atom. The molecule has 2 atom stereocenters. The molecule has 0 fully saturated rings. The highest BCUT2D eigenvalue weighted by Crippen LogP contribution is 2.24. The van der Waals surface area contributed by atoms with Gasteiger partial charge in [0.05, 0.1) is 5.69 Å². The maximum absolute atomic E-state index is 10.6. The zero-order valence-electron chi connectivity index (χ0n) is 17.9. The molecule has 3 rings (SSSR count). The summed E-state index contributed by atoms with van der Waals surface area (Å²) in [4.78, 5) is 10.6. The molecule has 3 aromatic carbocycles. The molecule has 1 amide bonds. The van der Waals surface area contributed by atoms with Crippen LogP contribution in [0, 0.1) is 0 Å². The first-order chi connectivity index (χ1) is 15.5. The number of hydrogen-bond donors (Lipinski definition) is 6. The first-order valence-corrected chi connectivity index (χ1v) is 10.6. The van der Waals surface area contributed by atoms with Crippen LogP contribution in [0.1, 0.15) is 22.7 Å². The maximum Gasteiger partial charge on any atom is 0.211 e. The number of benzene rings is 3. The Hall–Kier alpha value is -3.39. The van der Waals surface area contributed by atoms with Gasteiger partial charge in [-0.2, -0.15) is 0 Å². The molecule has 0 aliphatic heterocycles. The van der Waals surface area contributed by atoms with Gasteiger partial charge in [0.15, 0.2) is 0 Å². The average Bonchev–Trinajstić information content (AvgIpc) is 2.81. The van der Waals surface area contributed by atoms with Crippen LogP contribution in [0.25, 0.3) is 0 Å². The second-order valence-electron chi connectivity index (χ2n) is 7.63. The van der Waals surface area contributed by atoms with Crippen molar-refractivity contribution in [2.45, 2.75) is 25.1 Å². The van der Waals surface area contributed by atoms with Crippen LogP contribution in [-0.2, 0) is 17.6 Å². The number of aliphatic hydroxyl groups is 1. The fraction of sp³-hybridized carbons (Fsp3) is 0.240. The fourth-order valence-electron chi connectivity index (χ4n) is 3.40. The van der Waals surface area contributed by atoms with E-state index in [1.807, 2.05) is 42.5 Å². The minimum absolute atomic E-state index is 0.0108. The minimum atomic E-state index is -0.732. The molecule has 7 N–H and O–H groups in total. The lowest BCUT2D eigenvalue weighted by Gasteiger charge is -2.15. The van der Waals surface area contributed by atoms with Crippen LogP contribution in [0.2, 0.25) is 0 Å². The number of phenolic OH excluding ortho intramolecular Hbond substituents is 1. The molecule has 0 bridgehead atoms. The second kappa shape index (κ2) is 11.9. The summed E-state index contributed by atoms with van der Waals surface area (Å²) in [5.74, 6) is -0.0108. The van der Waals surface area contributed by atoms with E-state index in [4.69, 9.17) is 5.73 Å². The van der Waals surface area contributed by atoms with Crippen LogP contribution in [0.5, 0.6) is 5.75 Å². The summed E-state index contributed by atoms with van der Waals surface area (Å²) in [5.41, 5.74) is 10.6. The van der Waals surface area contributed by atoms with Gasteiger partial charge in [-0.05, 0) is 47.4 Å². The summed E-state index contributed by atoms with van der Waals surface area (Å²) in [6, 6.07) is 23.0. The Morgan fingerprint density at radius 2 is 1.69 bits per heavy atom. The summed E-state index contributed by atoms with van der Waals surface area (Å²) < 4.78 is 0. The lowest BCUT2D eigenvalue weighted by molar-refractivity contribution is -0.105. The van der Waals surface area contributed by atoms with Gasteiger partial charge in [0, 0.05) is 31.2 Å². The summed E-state index contributed by atoms with van der Waals surface area (Å²) >= 11 is 0. The molecule has 7 nitrogen and oxygen atoms in total. The van der Waals surface area contributed by atoms with E-state index in [0.717, 1.165) is 28.8 Å². The van der Waals surface area contributed by atoms with Crippen molar-refractivity contribution in [2.24, 2.45) is 5.73 Å². The van der Waals surface area contributed by atoms with Crippen LogP contribution in [0.4, 0.5) is 11.4 Å². The normalized spacial score (nSPS) is 12.7. The largest absolute Gasteiger partial charge is 0.506 e. The predicted molar refractivity (Wildman–Crippen MR) is 128 cm³/mol. The third-order valence-corrected chi connectivity index (χ3v) is 5.21. The topological polar surface area (TPSA) is 120 Å². The smallest absolute Gasteiger partial charge is 0.211 e. The third-order valence-electron chi connectivity index (χ3n) is 5.21. The molecule has 0 heterocycles. The van der Waals surface area contributed by atoms with E-state index >= 15 is 0 Å². The zero-order chi connectivity index (χ0) is 22.8. The lowest BCUT2D eigenvalue weighted by atomic mass is 10.1. The number of amides is 1. The number of hydrogen-bond acceptors (Lipinski definition) is 6. The minimum Gasteiger partial charge on any atom is -0.506 e. The fourth-order valence-corrected chi connectivity index (χ4v) is 3.40. The van der Waals surface area contributed by atoms with E-state index < -0.39 is 6.23 Å². The summed E-state index contributed by atoms with van der Waals surface area (Å²) in [5, 5.41) is 28.8. The van der Waals surface area contributed by atoms with Gasteiger partial charge in [-0.15, -0.1) is 0 Å². The third kappa shape index (κ3) is 7.09. The predicted octanol–water partition coefficient (Wildman–Crippen LogP) is 2.77. The number of carbonyl (C=O) groups is 1. The molecule has 32 heavy (non-hydrogen) atoms. The van der Waals surface area contributed by atoms with Crippen LogP contribution in [0.15, 0.2) is 72.8 Å². The molecule has 0 saturated carbocycles. The van der Waals surface area contributed by atoms with Crippen molar-refractivity contribution in [1.29, 1.82) is 0 Å². The summed E-state index contributed by atoms with van der Waals surface area (Å²) in [7, 11) is 0. The molecule has 3 aromatic rings. The molecule has 168 valence electrons. The molecule has 0 saturated heterocycles. The molecule has 7 heteroatoms. The molecule has 0 spiro atoms. The number of carbonyl (C=O) groups excluding carboxylic acids is 1. The van der Waals surface area contributed by atoms with Crippen LogP contribution in [-0.4, -0.2) is 35.9 Å². The Balaban J connectivity index is 1.40. The van der Waals surface area contributed by atoms with E-state index in [-0.39, 0.29) is 11.8 Å². The van der Waals surface area contributed by atoms with E-state index in [0.29, 0.717) is 31.6 Å². The van der Waals surface area contributed by atoms with E-state index in [1.54, 1.807) is 12.1 Å². The molecule has 0 radical (unpaired) electrons. The number of nitrogens with one attached hydrogen (secondary N) is 3. The van der Waals surface area contributed by atoms with Gasteiger partial charge < -0.3 is 26.6 Å². The Bertz CT molecular complexity index is 980. The molecule has 0 aliphatic carbocycles. The van der Waals surface area contributed by atoms with Gasteiger partial charge in [0.25, 0.3) is 0 Å². The number of aromatic hydroxyl groups is 1. The van der Waals surface area contributed by atoms with E-state index in [2.05, 4.69) is 28.1 Å². The monoisotopic (exact) mass is 434 g/mol. The molecular weight excluding hydrogens is 404 g/mol. The summed E-state index contributed by atoms with van der Waals surface area (Å²) in [6.07, 6.45) is 0.905. The molecule has 0 unspecified atom stereocenters. The Labute approximate surface area is 188 Å². The van der Waals surface area contributed by atoms with E-state index in [9.17, 15) is 15.0 Å². The van der Waals surface area contributed by atoms with Crippen molar-refractivity contribution in [3.05, 3.63) is 89.5 Å². The van der Waals surface area contributed by atoms with Gasteiger partial charge in [-0.3, -0.25) is 10.1 Å². The SMILES string of the molecule is N[C@@H](CNc1ccc(CCN[C@H](O)Cc2ccc(O)c(NC=O)c2)cc1)c1ccccc1. The van der Waals surface area contributed by atoms with Crippen molar-refractivity contribution in [3.8, 4) is 5.75 Å². The maximum atomic E-state index is 10.6. The molecule has 0 aromatic heterocycles. The van der Waals surface area contributed by atoms with Gasteiger partial charge in [0.1, 0.15) is 12.0 Å². The highest BCUT2D eigenvalue weighted by molar-refractivity contribution is 5.75. The number of phenols is 1. The summed E-state index contributed by atoms with van der Waals surface area (Å²) in [6.45, 7) is 1.27. The number of nitrogens with two attached hydrogens (primary N) is 1. The number of rotatable bonds is 12. The van der Waals surface area contributed by atoms with Crippen LogP contribution in [0.3, 0.4) is 0 Å². The van der Waals surface area contributed by atoms with Gasteiger partial charge >= 0.3 is 0 Å². The molecular formula is C25H30N4O3. The van der Waals surface area contributed by atoms with Crippen molar-refractivity contribution in [1.82, 2.24) is 5.32 Å². The lowest BCUT2D eigenvalue weighted by Crippen LogP contribution is -2.32. The molecule has 0 aliphatic rings. The van der Waals surface area contributed by atoms with Crippen LogP contribution >= 0.6 is 0 Å². The first kappa shape index (κ1) is 23.3. The average molecular weight is 435 g/mol. The van der Waals surface area contributed by atoms with Crippen molar-refractivity contribution >= 4 is 17.8 Å². The van der Waals surface area contributed by atoms with Gasteiger partial charge in [-0.25, -0.2) is 0 Å². The number of aliphatic hydroxyl groups excluding tert-OH is 1. The standard InChI is InChI=1S/C25H30N4O3/c26-22(20-4-2-1-3-5-20)16-28-21-9-6-18(7-10-21)12-13-27-25(32)15-19-8-11-24(31)23(14-19)29-17-30/h1-11,14,17,22,25,27-28,31-32H,12-13,15-16,26H2,(H,29,30)/t22-,25+/m0/s1. The highest BCUT2D eigenvalue weighted by atomic mass is 16.3. The van der Waals surface area contributed by atoms with E-state index in [1.165, 1.54) is 6.07 Å².